The average molecular weight is 663 g/mol. The van der Waals surface area contributed by atoms with E-state index in [2.05, 4.69) is 0 Å². The van der Waals surface area contributed by atoms with E-state index in [0.29, 0.717) is 10.5 Å². The summed E-state index contributed by atoms with van der Waals surface area (Å²) in [5.41, 5.74) is 0.0144. The summed E-state index contributed by atoms with van der Waals surface area (Å²) in [6.45, 7) is 2.78. The van der Waals surface area contributed by atoms with Crippen LogP contribution in [0.1, 0.15) is 47.1 Å². The molecule has 15 heteroatoms. The second-order valence-corrected chi connectivity index (χ2v) is 10.8. The molecule has 0 saturated carbocycles. The maximum atomic E-state index is 13.9. The van der Waals surface area contributed by atoms with Crippen molar-refractivity contribution in [3.05, 3.63) is 67.1 Å². The Morgan fingerprint density at radius 1 is 0.786 bits per heavy atom. The van der Waals surface area contributed by atoms with E-state index in [1.807, 2.05) is 0 Å². The Kier molecular flexibility index (Phi) is 10.0. The topological polar surface area (TPSA) is 135 Å². The van der Waals surface area contributed by atoms with Gasteiger partial charge < -0.3 is 23.7 Å². The van der Waals surface area contributed by atoms with Crippen LogP contribution in [0.15, 0.2) is 30.3 Å². The standard InChI is InChI=1S/C27H23Cl4NO10/c1-11(33)38-10-15-23(40-12(2)34)24(41-13(3)35)22(27(42-15)39-9-14-7-5-4-6-8-14)32-25(36)16-17(26(32)37)19(29)21(31)20(30)18(16)28/h4-8,15,22-24,27H,9-10H2,1-3H3/t15-,22-,23-,24-,27-/m1/s1. The molecule has 0 bridgehead atoms. The zero-order valence-electron chi connectivity index (χ0n) is 22.2. The largest absolute Gasteiger partial charge is 0.463 e. The first-order valence-corrected chi connectivity index (χ1v) is 13.9. The Morgan fingerprint density at radius 2 is 1.31 bits per heavy atom. The van der Waals surface area contributed by atoms with Crippen molar-refractivity contribution in [1.29, 1.82) is 0 Å². The van der Waals surface area contributed by atoms with E-state index in [9.17, 15) is 24.0 Å². The van der Waals surface area contributed by atoms with Crippen LogP contribution in [0.2, 0.25) is 20.1 Å². The average Bonchev–Trinajstić information content (AvgIpc) is 3.19. The second kappa shape index (κ2) is 13.2. The normalized spacial score (nSPS) is 23.4. The number of esters is 3. The molecule has 42 heavy (non-hydrogen) atoms. The summed E-state index contributed by atoms with van der Waals surface area (Å²) in [5, 5.41) is -1.15. The van der Waals surface area contributed by atoms with Crippen LogP contribution in [0.5, 0.6) is 0 Å². The van der Waals surface area contributed by atoms with Crippen molar-refractivity contribution in [2.45, 2.75) is 58.0 Å². The number of nitrogens with zero attached hydrogens (tertiary/aromatic N) is 1. The summed E-state index contributed by atoms with van der Waals surface area (Å²) in [4.78, 5) is 64.5. The van der Waals surface area contributed by atoms with Crippen LogP contribution in [0.4, 0.5) is 0 Å². The number of amides is 2. The maximum absolute atomic E-state index is 13.9. The fourth-order valence-corrected chi connectivity index (χ4v) is 5.70. The first-order chi connectivity index (χ1) is 19.8. The van der Waals surface area contributed by atoms with Crippen LogP contribution in [-0.2, 0) is 44.7 Å². The molecule has 1 fully saturated rings. The molecular weight excluding hydrogens is 640 g/mol. The van der Waals surface area contributed by atoms with Crippen molar-refractivity contribution in [1.82, 2.24) is 4.90 Å². The minimum absolute atomic E-state index is 0.0876. The molecule has 11 nitrogen and oxygen atoms in total. The van der Waals surface area contributed by atoms with Gasteiger partial charge in [0, 0.05) is 20.8 Å². The Labute approximate surface area is 259 Å². The quantitative estimate of drug-likeness (QED) is 0.129. The predicted molar refractivity (Wildman–Crippen MR) is 148 cm³/mol. The molecule has 5 atom stereocenters. The highest BCUT2D eigenvalue weighted by Crippen LogP contribution is 2.46. The lowest BCUT2D eigenvalue weighted by atomic mass is 9.94. The highest BCUT2D eigenvalue weighted by molar-refractivity contribution is 6.55. The Morgan fingerprint density at radius 3 is 1.81 bits per heavy atom. The van der Waals surface area contributed by atoms with Gasteiger partial charge in [0.2, 0.25) is 0 Å². The summed E-state index contributed by atoms with van der Waals surface area (Å²) < 4.78 is 28.3. The number of hydrogen-bond acceptors (Lipinski definition) is 10. The molecule has 224 valence electrons. The first kappa shape index (κ1) is 32.0. The minimum Gasteiger partial charge on any atom is -0.463 e. The van der Waals surface area contributed by atoms with Gasteiger partial charge >= 0.3 is 17.9 Å². The van der Waals surface area contributed by atoms with Crippen molar-refractivity contribution in [2.75, 3.05) is 6.61 Å². The molecule has 0 aliphatic carbocycles. The van der Waals surface area contributed by atoms with E-state index in [4.69, 9.17) is 70.1 Å². The van der Waals surface area contributed by atoms with Gasteiger partial charge in [-0.05, 0) is 5.56 Å². The highest BCUT2D eigenvalue weighted by Gasteiger charge is 2.58. The molecular formula is C27H23Cl4NO10. The van der Waals surface area contributed by atoms with Crippen LogP contribution >= 0.6 is 46.4 Å². The van der Waals surface area contributed by atoms with Gasteiger partial charge in [-0.15, -0.1) is 0 Å². The van der Waals surface area contributed by atoms with E-state index >= 15 is 0 Å². The molecule has 2 amide bonds. The number of rotatable bonds is 8. The molecule has 4 rings (SSSR count). The third-order valence-electron chi connectivity index (χ3n) is 6.36. The van der Waals surface area contributed by atoms with Crippen molar-refractivity contribution >= 4 is 76.1 Å². The third kappa shape index (κ3) is 6.36. The Bertz CT molecular complexity index is 1390. The van der Waals surface area contributed by atoms with Gasteiger partial charge in [0.1, 0.15) is 18.8 Å². The van der Waals surface area contributed by atoms with Crippen molar-refractivity contribution in [2.24, 2.45) is 0 Å². The molecule has 0 spiro atoms. The minimum atomic E-state index is -1.56. The molecule has 0 aromatic heterocycles. The van der Waals surface area contributed by atoms with Crippen LogP contribution < -0.4 is 0 Å². The number of imide groups is 1. The van der Waals surface area contributed by atoms with Crippen molar-refractivity contribution in [3.8, 4) is 0 Å². The Hall–Kier alpha value is -2.93. The molecule has 0 N–H and O–H groups in total. The van der Waals surface area contributed by atoms with E-state index in [1.54, 1.807) is 30.3 Å². The number of fused-ring (bicyclic) bond motifs is 1. The van der Waals surface area contributed by atoms with Gasteiger partial charge in [-0.25, -0.2) is 0 Å². The molecule has 2 aliphatic rings. The molecule has 1 saturated heterocycles. The molecule has 2 aliphatic heterocycles. The maximum Gasteiger partial charge on any atom is 0.303 e. The SMILES string of the molecule is CC(=O)OC[C@H]1O[C@@H](OCc2ccccc2)[C@H](N2C(=O)c3c(Cl)c(Cl)c(Cl)c(Cl)c3C2=O)[C@@H](OC(C)=O)[C@@H]1OC(C)=O. The lowest BCUT2D eigenvalue weighted by Crippen LogP contribution is -2.67. The fourth-order valence-electron chi connectivity index (χ4n) is 4.68. The predicted octanol–water partition coefficient (Wildman–Crippen LogP) is 4.63. The van der Waals surface area contributed by atoms with Gasteiger partial charge in [-0.3, -0.25) is 28.9 Å². The number of hydrogen-bond donors (Lipinski definition) is 0. The number of benzene rings is 2. The lowest BCUT2D eigenvalue weighted by molar-refractivity contribution is -0.288. The van der Waals surface area contributed by atoms with Gasteiger partial charge in [0.15, 0.2) is 18.5 Å². The van der Waals surface area contributed by atoms with Crippen LogP contribution in [0.25, 0.3) is 0 Å². The van der Waals surface area contributed by atoms with E-state index < -0.39 is 67.0 Å². The zero-order chi connectivity index (χ0) is 30.9. The first-order valence-electron chi connectivity index (χ1n) is 12.4. The molecule has 2 aromatic rings. The molecule has 2 aromatic carbocycles. The van der Waals surface area contributed by atoms with E-state index in [-0.39, 0.29) is 37.8 Å². The molecule has 0 radical (unpaired) electrons. The van der Waals surface area contributed by atoms with Gasteiger partial charge in [0.25, 0.3) is 11.8 Å². The van der Waals surface area contributed by atoms with Gasteiger partial charge in [-0.1, -0.05) is 76.7 Å². The van der Waals surface area contributed by atoms with Gasteiger partial charge in [0.05, 0.1) is 37.8 Å². The third-order valence-corrected chi connectivity index (χ3v) is 8.16. The van der Waals surface area contributed by atoms with E-state index in [0.717, 1.165) is 20.8 Å². The van der Waals surface area contributed by atoms with Crippen LogP contribution in [0.3, 0.4) is 0 Å². The van der Waals surface area contributed by atoms with Gasteiger partial charge in [-0.2, -0.15) is 0 Å². The van der Waals surface area contributed by atoms with Crippen molar-refractivity contribution in [3.63, 3.8) is 0 Å². The zero-order valence-corrected chi connectivity index (χ0v) is 25.3. The number of ether oxygens (including phenoxy) is 5. The smallest absolute Gasteiger partial charge is 0.303 e. The molecule has 0 unspecified atom stereocenters. The number of carbonyl (C=O) groups excluding carboxylic acids is 5. The highest BCUT2D eigenvalue weighted by atomic mass is 35.5. The fraction of sp³-hybridized carbons (Fsp3) is 0.370. The van der Waals surface area contributed by atoms with Crippen LogP contribution in [0, 0.1) is 0 Å². The summed E-state index contributed by atoms with van der Waals surface area (Å²) in [6, 6.07) is 7.27. The summed E-state index contributed by atoms with van der Waals surface area (Å²) in [5.74, 6) is -4.29. The summed E-state index contributed by atoms with van der Waals surface area (Å²) in [6.07, 6.45) is -5.78. The number of halogens is 4. The van der Waals surface area contributed by atoms with Crippen molar-refractivity contribution < 1.29 is 47.7 Å². The Balaban J connectivity index is 1.85. The molecule has 2 heterocycles. The lowest BCUT2D eigenvalue weighted by Gasteiger charge is -2.47. The number of carbonyl (C=O) groups is 5. The monoisotopic (exact) mass is 661 g/mol. The summed E-state index contributed by atoms with van der Waals surface area (Å²) in [7, 11) is 0. The summed E-state index contributed by atoms with van der Waals surface area (Å²) >= 11 is 25.0. The second-order valence-electron chi connectivity index (χ2n) is 9.27. The van der Waals surface area contributed by atoms with Crippen LogP contribution in [-0.4, -0.2) is 71.9 Å². The van der Waals surface area contributed by atoms with E-state index in [1.165, 1.54) is 0 Å².